The molecule has 4 nitrogen and oxygen atoms in total. The highest BCUT2D eigenvalue weighted by Crippen LogP contribution is 2.36. The van der Waals surface area contributed by atoms with Crippen LogP contribution in [0.4, 0.5) is 0 Å². The smallest absolute Gasteiger partial charge is 0.254 e. The van der Waals surface area contributed by atoms with Crippen LogP contribution in [0.15, 0.2) is 12.1 Å². The molecule has 1 amide bonds. The molecule has 1 rings (SSSR count). The van der Waals surface area contributed by atoms with Gasteiger partial charge in [-0.3, -0.25) is 4.79 Å². The van der Waals surface area contributed by atoms with Crippen LogP contribution in [0.1, 0.15) is 37.0 Å². The lowest BCUT2D eigenvalue weighted by molar-refractivity contribution is 0.0762. The quantitative estimate of drug-likeness (QED) is 0.772. The van der Waals surface area contributed by atoms with Crippen molar-refractivity contribution in [1.82, 2.24) is 4.90 Å². The molecule has 20 heavy (non-hydrogen) atoms. The molecule has 0 aliphatic heterocycles. The highest BCUT2D eigenvalue weighted by Gasteiger charge is 2.18. The summed E-state index contributed by atoms with van der Waals surface area (Å²) in [7, 11) is 3.04. The summed E-state index contributed by atoms with van der Waals surface area (Å²) in [6, 6.07) is 3.29. The zero-order valence-electron chi connectivity index (χ0n) is 12.5. The minimum Gasteiger partial charge on any atom is -0.493 e. The van der Waals surface area contributed by atoms with Crippen molar-refractivity contribution in [3.8, 4) is 11.5 Å². The summed E-state index contributed by atoms with van der Waals surface area (Å²) in [6.07, 6.45) is 2.04. The Hall–Kier alpha value is -1.42. The highest BCUT2D eigenvalue weighted by atomic mass is 35.5. The second kappa shape index (κ2) is 8.00. The monoisotopic (exact) mass is 299 g/mol. The van der Waals surface area contributed by atoms with Crippen LogP contribution in [0.3, 0.4) is 0 Å². The Morgan fingerprint density at radius 3 is 2.45 bits per heavy atom. The number of carbonyl (C=O) groups is 1. The van der Waals surface area contributed by atoms with Crippen molar-refractivity contribution in [1.29, 1.82) is 0 Å². The predicted molar refractivity (Wildman–Crippen MR) is 81.0 cm³/mol. The van der Waals surface area contributed by atoms with E-state index in [0.717, 1.165) is 19.4 Å². The van der Waals surface area contributed by atoms with Crippen LogP contribution in [-0.4, -0.2) is 38.1 Å². The van der Waals surface area contributed by atoms with Gasteiger partial charge in [0.1, 0.15) is 0 Å². The number of halogens is 1. The largest absolute Gasteiger partial charge is 0.493 e. The minimum absolute atomic E-state index is 0.0381. The second-order valence-electron chi connectivity index (χ2n) is 4.43. The molecule has 0 saturated heterocycles. The molecule has 5 heteroatoms. The number of rotatable bonds is 7. The van der Waals surface area contributed by atoms with Crippen molar-refractivity contribution in [2.24, 2.45) is 0 Å². The van der Waals surface area contributed by atoms with Gasteiger partial charge in [-0.2, -0.15) is 0 Å². The van der Waals surface area contributed by atoms with Gasteiger partial charge in [0.2, 0.25) is 0 Å². The van der Waals surface area contributed by atoms with Crippen LogP contribution >= 0.6 is 11.6 Å². The van der Waals surface area contributed by atoms with Crippen LogP contribution < -0.4 is 9.47 Å². The first kappa shape index (κ1) is 16.6. The summed E-state index contributed by atoms with van der Waals surface area (Å²) in [5.74, 6) is 0.876. The Kier molecular flexibility index (Phi) is 6.65. The first-order chi connectivity index (χ1) is 9.58. The number of hydrogen-bond donors (Lipinski definition) is 0. The number of benzene rings is 1. The molecule has 0 atom stereocenters. The lowest BCUT2D eigenvalue weighted by Gasteiger charge is -2.21. The van der Waals surface area contributed by atoms with Crippen LogP contribution in [0.25, 0.3) is 0 Å². The lowest BCUT2D eigenvalue weighted by atomic mass is 10.1. The number of methoxy groups -OCH3 is 2. The van der Waals surface area contributed by atoms with E-state index in [2.05, 4.69) is 6.92 Å². The van der Waals surface area contributed by atoms with Gasteiger partial charge in [-0.05, 0) is 25.5 Å². The maximum atomic E-state index is 12.5. The SMILES string of the molecule is CCCCN(CC)C(=O)c1cc(Cl)c(OC)c(OC)c1. The van der Waals surface area contributed by atoms with Gasteiger partial charge in [-0.25, -0.2) is 0 Å². The van der Waals surface area contributed by atoms with Gasteiger partial charge in [0.15, 0.2) is 11.5 Å². The van der Waals surface area contributed by atoms with Gasteiger partial charge in [-0.1, -0.05) is 24.9 Å². The Balaban J connectivity index is 3.06. The first-order valence-electron chi connectivity index (χ1n) is 6.79. The summed E-state index contributed by atoms with van der Waals surface area (Å²) < 4.78 is 10.4. The van der Waals surface area contributed by atoms with E-state index in [-0.39, 0.29) is 5.91 Å². The Morgan fingerprint density at radius 2 is 1.95 bits per heavy atom. The molecule has 0 aromatic heterocycles. The Bertz CT molecular complexity index is 463. The van der Waals surface area contributed by atoms with Crippen molar-refractivity contribution in [3.63, 3.8) is 0 Å². The van der Waals surface area contributed by atoms with Gasteiger partial charge in [0.05, 0.1) is 19.2 Å². The molecule has 0 heterocycles. The van der Waals surface area contributed by atoms with Crippen molar-refractivity contribution >= 4 is 17.5 Å². The Morgan fingerprint density at radius 1 is 1.25 bits per heavy atom. The number of carbonyl (C=O) groups excluding carboxylic acids is 1. The standard InChI is InChI=1S/C15H22ClNO3/c1-5-7-8-17(6-2)15(18)11-9-12(16)14(20-4)13(10-11)19-3/h9-10H,5-8H2,1-4H3. The number of unbranched alkanes of at least 4 members (excludes halogenated alkanes) is 1. The van der Waals surface area contributed by atoms with Crippen LogP contribution in [0, 0.1) is 0 Å². The topological polar surface area (TPSA) is 38.8 Å². The average Bonchev–Trinajstić information content (AvgIpc) is 2.46. The molecule has 0 aliphatic rings. The molecule has 112 valence electrons. The van der Waals surface area contributed by atoms with Crippen molar-refractivity contribution in [2.75, 3.05) is 27.3 Å². The third kappa shape index (κ3) is 3.79. The Labute approximate surface area is 125 Å². The normalized spacial score (nSPS) is 10.2. The minimum atomic E-state index is -0.0381. The molecular weight excluding hydrogens is 278 g/mol. The number of amides is 1. The maximum absolute atomic E-state index is 12.5. The molecule has 0 saturated carbocycles. The van der Waals surface area contributed by atoms with Crippen LogP contribution in [0.2, 0.25) is 5.02 Å². The molecule has 0 spiro atoms. The van der Waals surface area contributed by atoms with E-state index in [1.54, 1.807) is 17.0 Å². The van der Waals surface area contributed by atoms with E-state index >= 15 is 0 Å². The zero-order chi connectivity index (χ0) is 15.1. The van der Waals surface area contributed by atoms with Crippen molar-refractivity contribution in [2.45, 2.75) is 26.7 Å². The van der Waals surface area contributed by atoms with E-state index in [9.17, 15) is 4.79 Å². The molecule has 1 aromatic rings. The zero-order valence-corrected chi connectivity index (χ0v) is 13.3. The number of nitrogens with zero attached hydrogens (tertiary/aromatic N) is 1. The van der Waals surface area contributed by atoms with E-state index < -0.39 is 0 Å². The van der Waals surface area contributed by atoms with Crippen LogP contribution in [0.5, 0.6) is 11.5 Å². The number of hydrogen-bond acceptors (Lipinski definition) is 3. The molecule has 0 aliphatic carbocycles. The van der Waals surface area contributed by atoms with E-state index in [0.29, 0.717) is 28.6 Å². The average molecular weight is 300 g/mol. The van der Waals surface area contributed by atoms with Gasteiger partial charge >= 0.3 is 0 Å². The fraction of sp³-hybridized carbons (Fsp3) is 0.533. The molecule has 0 unspecified atom stereocenters. The van der Waals surface area contributed by atoms with Crippen molar-refractivity contribution < 1.29 is 14.3 Å². The fourth-order valence-corrected chi connectivity index (χ4v) is 2.26. The molecule has 0 bridgehead atoms. The van der Waals surface area contributed by atoms with Gasteiger partial charge in [-0.15, -0.1) is 0 Å². The van der Waals surface area contributed by atoms with E-state index in [1.165, 1.54) is 14.2 Å². The second-order valence-corrected chi connectivity index (χ2v) is 4.84. The third-order valence-electron chi connectivity index (χ3n) is 3.13. The summed E-state index contributed by atoms with van der Waals surface area (Å²) in [4.78, 5) is 14.3. The first-order valence-corrected chi connectivity index (χ1v) is 7.17. The van der Waals surface area contributed by atoms with Crippen molar-refractivity contribution in [3.05, 3.63) is 22.7 Å². The summed E-state index contributed by atoms with van der Waals surface area (Å²) in [5, 5.41) is 0.377. The lowest BCUT2D eigenvalue weighted by Crippen LogP contribution is -2.31. The van der Waals surface area contributed by atoms with Gasteiger partial charge in [0.25, 0.3) is 5.91 Å². The predicted octanol–water partition coefficient (Wildman–Crippen LogP) is 3.62. The highest BCUT2D eigenvalue weighted by molar-refractivity contribution is 6.32. The van der Waals surface area contributed by atoms with Gasteiger partial charge in [0, 0.05) is 18.7 Å². The van der Waals surface area contributed by atoms with Crippen LogP contribution in [-0.2, 0) is 0 Å². The molecule has 0 fully saturated rings. The van der Waals surface area contributed by atoms with E-state index in [4.69, 9.17) is 21.1 Å². The maximum Gasteiger partial charge on any atom is 0.254 e. The third-order valence-corrected chi connectivity index (χ3v) is 3.41. The summed E-state index contributed by atoms with van der Waals surface area (Å²) >= 11 is 6.13. The fourth-order valence-electron chi connectivity index (χ4n) is 1.98. The molecule has 0 radical (unpaired) electrons. The summed E-state index contributed by atoms with van der Waals surface area (Å²) in [5.41, 5.74) is 0.519. The van der Waals surface area contributed by atoms with Gasteiger partial charge < -0.3 is 14.4 Å². The molecule has 0 N–H and O–H groups in total. The van der Waals surface area contributed by atoms with E-state index in [1.807, 2.05) is 6.92 Å². The molecule has 1 aromatic carbocycles. The molecular formula is C15H22ClNO3. The number of ether oxygens (including phenoxy) is 2. The summed E-state index contributed by atoms with van der Waals surface area (Å²) in [6.45, 7) is 5.49.